The van der Waals surface area contributed by atoms with Gasteiger partial charge in [-0.25, -0.2) is 9.69 Å². The number of carbonyl (C=O) groups is 3. The zero-order chi connectivity index (χ0) is 27.9. The van der Waals surface area contributed by atoms with Crippen LogP contribution in [0.2, 0.25) is 5.02 Å². The van der Waals surface area contributed by atoms with Crippen molar-refractivity contribution in [2.75, 3.05) is 4.90 Å². The molecule has 0 bridgehead atoms. The molecular weight excluding hydrogens is 540 g/mol. The number of benzene rings is 4. The molecule has 0 unspecified atom stereocenters. The number of hydrogen-bond donors (Lipinski definition) is 1. The highest BCUT2D eigenvalue weighted by Crippen LogP contribution is 2.34. The van der Waals surface area contributed by atoms with Gasteiger partial charge in [0.2, 0.25) is 0 Å². The van der Waals surface area contributed by atoms with Crippen LogP contribution < -0.4 is 14.4 Å². The van der Waals surface area contributed by atoms with Gasteiger partial charge in [0.1, 0.15) is 10.5 Å². The molecule has 1 saturated heterocycles. The molecule has 1 N–H and O–H groups in total. The fourth-order valence-electron chi connectivity index (χ4n) is 4.23. The fourth-order valence-corrected chi connectivity index (χ4v) is 5.34. The molecule has 0 saturated carbocycles. The number of hydrogen-bond acceptors (Lipinski definition) is 6. The van der Waals surface area contributed by atoms with Gasteiger partial charge in [-0.2, -0.15) is 8.42 Å². The van der Waals surface area contributed by atoms with Crippen LogP contribution in [0.1, 0.15) is 16.7 Å². The van der Waals surface area contributed by atoms with Gasteiger partial charge in [-0.05, 0) is 66.6 Å². The SMILES string of the molecule is Cc1ccc(S(=O)(=O)Oc2ccc3ccccc3c2/C=C2\C(=O)NC(=O)N(c3cccc(Cl)c3C)C2=O)cc1. The van der Waals surface area contributed by atoms with Gasteiger partial charge >= 0.3 is 16.1 Å². The molecule has 1 aliphatic heterocycles. The number of aryl methyl sites for hydroxylation is 1. The van der Waals surface area contributed by atoms with Crippen LogP contribution >= 0.6 is 11.6 Å². The molecule has 4 aromatic rings. The zero-order valence-corrected chi connectivity index (χ0v) is 22.3. The highest BCUT2D eigenvalue weighted by Gasteiger charge is 2.38. The summed E-state index contributed by atoms with van der Waals surface area (Å²) in [4.78, 5) is 40.0. The van der Waals surface area contributed by atoms with Crippen molar-refractivity contribution in [3.8, 4) is 5.75 Å². The number of rotatable bonds is 5. The first-order valence-corrected chi connectivity index (χ1v) is 13.5. The minimum atomic E-state index is -4.26. The van der Waals surface area contributed by atoms with E-state index in [0.29, 0.717) is 21.4 Å². The van der Waals surface area contributed by atoms with Crippen molar-refractivity contribution in [2.45, 2.75) is 18.7 Å². The van der Waals surface area contributed by atoms with Crippen molar-refractivity contribution in [1.29, 1.82) is 0 Å². The van der Waals surface area contributed by atoms with Crippen LogP contribution in [0.3, 0.4) is 0 Å². The molecule has 1 heterocycles. The first-order valence-electron chi connectivity index (χ1n) is 11.8. The van der Waals surface area contributed by atoms with Crippen molar-refractivity contribution < 1.29 is 27.0 Å². The third-order valence-corrected chi connectivity index (χ3v) is 7.97. The summed E-state index contributed by atoms with van der Waals surface area (Å²) in [7, 11) is -4.26. The van der Waals surface area contributed by atoms with Crippen molar-refractivity contribution in [3.05, 3.63) is 106 Å². The fraction of sp³-hybridized carbons (Fsp3) is 0.0690. The lowest BCUT2D eigenvalue weighted by molar-refractivity contribution is -0.122. The second kappa shape index (κ2) is 10.0. The summed E-state index contributed by atoms with van der Waals surface area (Å²) in [6, 6.07) is 20.1. The maximum Gasteiger partial charge on any atom is 0.339 e. The highest BCUT2D eigenvalue weighted by atomic mass is 35.5. The topological polar surface area (TPSA) is 110 Å². The van der Waals surface area contributed by atoms with Gasteiger partial charge in [0.05, 0.1) is 5.69 Å². The maximum absolute atomic E-state index is 13.6. The molecule has 0 radical (unpaired) electrons. The van der Waals surface area contributed by atoms with Crippen LogP contribution in [-0.4, -0.2) is 26.3 Å². The van der Waals surface area contributed by atoms with Crippen molar-refractivity contribution in [1.82, 2.24) is 5.32 Å². The van der Waals surface area contributed by atoms with E-state index in [1.165, 1.54) is 30.3 Å². The monoisotopic (exact) mass is 560 g/mol. The lowest BCUT2D eigenvalue weighted by Gasteiger charge is -2.28. The molecule has 4 amide bonds. The third kappa shape index (κ3) is 4.89. The summed E-state index contributed by atoms with van der Waals surface area (Å²) in [5, 5.41) is 3.76. The van der Waals surface area contributed by atoms with Crippen molar-refractivity contribution in [2.24, 2.45) is 0 Å². The molecule has 1 fully saturated rings. The number of nitrogens with zero attached hydrogens (tertiary/aromatic N) is 1. The average molecular weight is 561 g/mol. The van der Waals surface area contributed by atoms with Gasteiger partial charge in [-0.1, -0.05) is 65.7 Å². The van der Waals surface area contributed by atoms with Gasteiger partial charge < -0.3 is 4.18 Å². The van der Waals surface area contributed by atoms with Gasteiger partial charge in [0.25, 0.3) is 11.8 Å². The van der Waals surface area contributed by atoms with Gasteiger partial charge in [-0.3, -0.25) is 14.9 Å². The number of fused-ring (bicyclic) bond motifs is 1. The summed E-state index contributed by atoms with van der Waals surface area (Å²) in [6.45, 7) is 3.47. The quantitative estimate of drug-likeness (QED) is 0.195. The van der Waals surface area contributed by atoms with Crippen LogP contribution in [0.25, 0.3) is 16.8 Å². The minimum Gasteiger partial charge on any atom is -0.378 e. The van der Waals surface area contributed by atoms with E-state index < -0.39 is 28.0 Å². The Bertz CT molecular complexity index is 1810. The molecule has 0 atom stereocenters. The second-order valence-electron chi connectivity index (χ2n) is 8.89. The predicted molar refractivity (Wildman–Crippen MR) is 148 cm³/mol. The largest absolute Gasteiger partial charge is 0.378 e. The Kier molecular flexibility index (Phi) is 6.71. The van der Waals surface area contributed by atoms with E-state index in [0.717, 1.165) is 10.5 Å². The summed E-state index contributed by atoms with van der Waals surface area (Å²) in [5.74, 6) is -1.92. The van der Waals surface area contributed by atoms with Gasteiger partial charge in [0.15, 0.2) is 5.75 Å². The number of barbiturate groups is 1. The molecule has 10 heteroatoms. The molecule has 4 aromatic carbocycles. The van der Waals surface area contributed by atoms with Gasteiger partial charge in [0, 0.05) is 10.6 Å². The summed E-state index contributed by atoms with van der Waals surface area (Å²) >= 11 is 6.21. The van der Waals surface area contributed by atoms with Crippen molar-refractivity contribution >= 4 is 62.1 Å². The predicted octanol–water partition coefficient (Wildman–Crippen LogP) is 5.54. The average Bonchev–Trinajstić information content (AvgIpc) is 2.89. The standard InChI is InChI=1S/C29H21ClN2O6S/c1-17-10-13-20(14-11-17)39(36,37)38-26-15-12-19-6-3-4-7-21(19)22(26)16-23-27(33)31-29(35)32(28(23)34)25-9-5-8-24(30)18(25)2/h3-16H,1-2H3,(H,31,33,35)/b23-16+. The van der Waals surface area contributed by atoms with E-state index in [9.17, 15) is 22.8 Å². The van der Waals surface area contributed by atoms with E-state index in [2.05, 4.69) is 5.32 Å². The molecular formula is C29H21ClN2O6S. The Labute approximate surface area is 229 Å². The highest BCUT2D eigenvalue weighted by molar-refractivity contribution is 7.87. The van der Waals surface area contributed by atoms with Crippen LogP contribution in [0.5, 0.6) is 5.75 Å². The van der Waals surface area contributed by atoms with Crippen LogP contribution in [0, 0.1) is 13.8 Å². The van der Waals surface area contributed by atoms with Crippen LogP contribution in [-0.2, 0) is 19.7 Å². The molecule has 196 valence electrons. The number of halogens is 1. The molecule has 0 aromatic heterocycles. The molecule has 39 heavy (non-hydrogen) atoms. The Hall–Kier alpha value is -4.47. The summed E-state index contributed by atoms with van der Waals surface area (Å²) in [6.07, 6.45) is 1.24. The first-order chi connectivity index (χ1) is 18.6. The zero-order valence-electron chi connectivity index (χ0n) is 20.8. The summed E-state index contributed by atoms with van der Waals surface area (Å²) in [5.41, 5.74) is 1.35. The van der Waals surface area contributed by atoms with E-state index in [1.807, 2.05) is 6.92 Å². The maximum atomic E-state index is 13.6. The smallest absolute Gasteiger partial charge is 0.339 e. The Morgan fingerprint density at radius 1 is 0.872 bits per heavy atom. The lowest BCUT2D eigenvalue weighted by Crippen LogP contribution is -2.54. The number of nitrogens with one attached hydrogen (secondary N) is 1. The van der Waals surface area contributed by atoms with E-state index >= 15 is 0 Å². The normalized spacial score (nSPS) is 15.1. The Morgan fingerprint density at radius 2 is 1.59 bits per heavy atom. The molecule has 5 rings (SSSR count). The first kappa shape index (κ1) is 26.1. The summed E-state index contributed by atoms with van der Waals surface area (Å²) < 4.78 is 31.8. The van der Waals surface area contributed by atoms with Gasteiger partial charge in [-0.15, -0.1) is 0 Å². The van der Waals surface area contributed by atoms with Crippen LogP contribution in [0.4, 0.5) is 10.5 Å². The van der Waals surface area contributed by atoms with E-state index in [-0.39, 0.29) is 27.5 Å². The van der Waals surface area contributed by atoms with Crippen molar-refractivity contribution in [3.63, 3.8) is 0 Å². The van der Waals surface area contributed by atoms with E-state index in [4.69, 9.17) is 15.8 Å². The lowest BCUT2D eigenvalue weighted by atomic mass is 9.99. The number of amides is 4. The molecule has 0 spiro atoms. The van der Waals surface area contributed by atoms with E-state index in [1.54, 1.807) is 61.5 Å². The number of carbonyl (C=O) groups excluding carboxylic acids is 3. The molecule has 0 aliphatic carbocycles. The van der Waals surface area contributed by atoms with Crippen LogP contribution in [0.15, 0.2) is 89.3 Å². The number of anilines is 1. The molecule has 1 aliphatic rings. The molecule has 8 nitrogen and oxygen atoms in total. The minimum absolute atomic E-state index is 0.0560. The number of urea groups is 1. The second-order valence-corrected chi connectivity index (χ2v) is 10.8. The number of imide groups is 2. The Morgan fingerprint density at radius 3 is 2.33 bits per heavy atom. The third-order valence-electron chi connectivity index (χ3n) is 6.31. The Balaban J connectivity index is 1.66.